The predicted molar refractivity (Wildman–Crippen MR) is 61.3 cm³/mol. The zero-order valence-corrected chi connectivity index (χ0v) is 10.1. The molecule has 0 spiro atoms. The van der Waals surface area contributed by atoms with Gasteiger partial charge in [-0.1, -0.05) is 0 Å². The Kier molecular flexibility index (Phi) is 3.25. The summed E-state index contributed by atoms with van der Waals surface area (Å²) in [7, 11) is 1.57. The van der Waals surface area contributed by atoms with Gasteiger partial charge in [-0.05, 0) is 29.4 Å². The zero-order chi connectivity index (χ0) is 12.4. The topological polar surface area (TPSA) is 93.5 Å². The summed E-state index contributed by atoms with van der Waals surface area (Å²) in [6, 6.07) is 1.62. The number of aryl methyl sites for hydroxylation is 1. The summed E-state index contributed by atoms with van der Waals surface area (Å²) in [5, 5.41) is 3.27. The second-order valence-corrected chi connectivity index (χ2v) is 4.29. The van der Waals surface area contributed by atoms with Crippen LogP contribution in [-0.2, 0) is 7.05 Å². The van der Waals surface area contributed by atoms with Gasteiger partial charge in [-0.2, -0.15) is 4.98 Å². The molecular weight excluding hydrogens is 266 g/mol. The number of nitrogens with one attached hydrogen (secondary N) is 1. The van der Waals surface area contributed by atoms with E-state index in [1.54, 1.807) is 13.1 Å². The maximum absolute atomic E-state index is 11.1. The molecule has 0 aliphatic heterocycles. The van der Waals surface area contributed by atoms with Crippen LogP contribution in [-0.4, -0.2) is 24.7 Å². The molecule has 1 N–H and O–H groups in total. The summed E-state index contributed by atoms with van der Waals surface area (Å²) in [4.78, 5) is 33.4. The summed E-state index contributed by atoms with van der Waals surface area (Å²) >= 11 is 6.72. The molecule has 0 bridgehead atoms. The molecule has 2 aromatic rings. The van der Waals surface area contributed by atoms with Crippen LogP contribution < -0.4 is 11.1 Å². The third kappa shape index (κ3) is 2.71. The van der Waals surface area contributed by atoms with Gasteiger partial charge < -0.3 is 0 Å². The van der Waals surface area contributed by atoms with E-state index in [9.17, 15) is 9.59 Å². The van der Waals surface area contributed by atoms with Gasteiger partial charge in [0.1, 0.15) is 5.03 Å². The molecule has 0 saturated carbocycles. The summed E-state index contributed by atoms with van der Waals surface area (Å²) < 4.78 is 1.34. The van der Waals surface area contributed by atoms with Crippen molar-refractivity contribution in [2.45, 2.75) is 10.2 Å². The molecule has 0 amide bonds. The van der Waals surface area contributed by atoms with Crippen LogP contribution in [0, 0.1) is 0 Å². The summed E-state index contributed by atoms with van der Waals surface area (Å²) in [6.07, 6.45) is 1.49. The minimum atomic E-state index is -0.842. The molecule has 0 aliphatic rings. The Morgan fingerprint density at radius 3 is 2.88 bits per heavy atom. The van der Waals surface area contributed by atoms with Crippen molar-refractivity contribution in [3.63, 3.8) is 0 Å². The maximum atomic E-state index is 11.1. The molecule has 0 aliphatic carbocycles. The Labute approximate surface area is 104 Å². The Bertz CT molecular complexity index is 667. The van der Waals surface area contributed by atoms with E-state index in [1.165, 1.54) is 10.9 Å². The molecule has 88 valence electrons. The number of halogens is 1. The molecule has 0 saturated heterocycles. The highest BCUT2D eigenvalue weighted by molar-refractivity contribution is 7.99. The molecule has 7 nitrogen and oxygen atoms in total. The monoisotopic (exact) mass is 271 g/mol. The number of hydrogen-bond donors (Lipinski definition) is 1. The van der Waals surface area contributed by atoms with Crippen molar-refractivity contribution in [2.75, 3.05) is 0 Å². The molecule has 2 aromatic heterocycles. The predicted octanol–water partition coefficient (Wildman–Crippen LogP) is 0.0632. The van der Waals surface area contributed by atoms with Gasteiger partial charge in [0.05, 0.1) is 0 Å². The van der Waals surface area contributed by atoms with Gasteiger partial charge in [-0.15, -0.1) is 0 Å². The first-order valence-electron chi connectivity index (χ1n) is 4.40. The molecule has 0 unspecified atom stereocenters. The maximum Gasteiger partial charge on any atom is 0.339 e. The Morgan fingerprint density at radius 1 is 1.41 bits per heavy atom. The van der Waals surface area contributed by atoms with Crippen LogP contribution in [0.1, 0.15) is 0 Å². The largest absolute Gasteiger partial charge is 0.339 e. The van der Waals surface area contributed by atoms with E-state index in [4.69, 9.17) is 11.6 Å². The molecule has 0 fully saturated rings. The van der Waals surface area contributed by atoms with Gasteiger partial charge in [0.25, 0.3) is 0 Å². The molecule has 0 atom stereocenters. The van der Waals surface area contributed by atoms with Crippen LogP contribution in [0.4, 0.5) is 0 Å². The van der Waals surface area contributed by atoms with Crippen molar-refractivity contribution in [3.05, 3.63) is 38.3 Å². The number of aromatic amines is 1. The van der Waals surface area contributed by atoms with E-state index < -0.39 is 11.1 Å². The van der Waals surface area contributed by atoms with E-state index in [0.717, 1.165) is 11.8 Å². The van der Waals surface area contributed by atoms with Crippen LogP contribution >= 0.6 is 23.4 Å². The fourth-order valence-corrected chi connectivity index (χ4v) is 1.98. The number of H-pyrrole nitrogens is 1. The standard InChI is InChI=1S/C8H6ClN5O2S/c1-14-8(12-5(15)6(16)13-14)17-4-2-3-10-7(9)11-4/h2-3H,1H3,(H,13,16). The van der Waals surface area contributed by atoms with Crippen molar-refractivity contribution in [3.8, 4) is 0 Å². The SMILES string of the molecule is Cn1[nH]c(=O)c(=O)nc1Sc1ccnc(Cl)n1. The minimum absolute atomic E-state index is 0.101. The third-order valence-corrected chi connectivity index (χ3v) is 2.91. The van der Waals surface area contributed by atoms with Gasteiger partial charge in [-0.3, -0.25) is 19.4 Å². The average Bonchev–Trinajstić information content (AvgIpc) is 2.26. The van der Waals surface area contributed by atoms with E-state index >= 15 is 0 Å². The fourth-order valence-electron chi connectivity index (χ4n) is 1.02. The van der Waals surface area contributed by atoms with Crippen molar-refractivity contribution >= 4 is 23.4 Å². The van der Waals surface area contributed by atoms with E-state index in [2.05, 4.69) is 20.1 Å². The van der Waals surface area contributed by atoms with Crippen LogP contribution in [0.5, 0.6) is 0 Å². The van der Waals surface area contributed by atoms with Crippen LogP contribution in [0.2, 0.25) is 5.28 Å². The molecule has 17 heavy (non-hydrogen) atoms. The quantitative estimate of drug-likeness (QED) is 0.472. The van der Waals surface area contributed by atoms with Crippen molar-refractivity contribution < 1.29 is 0 Å². The molecule has 0 aromatic carbocycles. The lowest BCUT2D eigenvalue weighted by atomic mass is 10.7. The van der Waals surface area contributed by atoms with Gasteiger partial charge in [0, 0.05) is 13.2 Å². The van der Waals surface area contributed by atoms with E-state index in [-0.39, 0.29) is 5.28 Å². The number of rotatable bonds is 2. The molecule has 0 radical (unpaired) electrons. The number of aromatic nitrogens is 5. The van der Waals surface area contributed by atoms with E-state index in [1.807, 2.05) is 0 Å². The minimum Gasteiger partial charge on any atom is -0.265 e. The first-order valence-corrected chi connectivity index (χ1v) is 5.59. The Balaban J connectivity index is 2.40. The normalized spacial score (nSPS) is 10.5. The lowest BCUT2D eigenvalue weighted by Gasteiger charge is -2.04. The lowest BCUT2D eigenvalue weighted by molar-refractivity contribution is 0.596. The van der Waals surface area contributed by atoms with Crippen molar-refractivity contribution in [1.82, 2.24) is 24.7 Å². The summed E-state index contributed by atoms with van der Waals surface area (Å²) in [6.45, 7) is 0. The Morgan fingerprint density at radius 2 is 2.18 bits per heavy atom. The smallest absolute Gasteiger partial charge is 0.265 e. The van der Waals surface area contributed by atoms with Gasteiger partial charge in [0.2, 0.25) is 5.28 Å². The second kappa shape index (κ2) is 4.68. The fraction of sp³-hybridized carbons (Fsp3) is 0.125. The van der Waals surface area contributed by atoms with Crippen LogP contribution in [0.15, 0.2) is 32.0 Å². The lowest BCUT2D eigenvalue weighted by Crippen LogP contribution is -2.33. The van der Waals surface area contributed by atoms with Gasteiger partial charge >= 0.3 is 11.1 Å². The number of hydrogen-bond acceptors (Lipinski definition) is 6. The Hall–Kier alpha value is -1.67. The average molecular weight is 272 g/mol. The van der Waals surface area contributed by atoms with Crippen LogP contribution in [0.3, 0.4) is 0 Å². The molecule has 9 heteroatoms. The first-order chi connectivity index (χ1) is 8.06. The highest BCUT2D eigenvalue weighted by Gasteiger charge is 2.07. The second-order valence-electron chi connectivity index (χ2n) is 2.97. The first kappa shape index (κ1) is 11.8. The third-order valence-electron chi connectivity index (χ3n) is 1.74. The van der Waals surface area contributed by atoms with Gasteiger partial charge in [0.15, 0.2) is 5.16 Å². The van der Waals surface area contributed by atoms with Gasteiger partial charge in [-0.25, -0.2) is 9.97 Å². The summed E-state index contributed by atoms with van der Waals surface area (Å²) in [5.74, 6) is 0. The van der Waals surface area contributed by atoms with Crippen molar-refractivity contribution in [2.24, 2.45) is 7.05 Å². The number of nitrogens with zero attached hydrogens (tertiary/aromatic N) is 4. The van der Waals surface area contributed by atoms with Crippen molar-refractivity contribution in [1.29, 1.82) is 0 Å². The molecular formula is C8H6ClN5O2S. The summed E-state index contributed by atoms with van der Waals surface area (Å²) in [5.41, 5.74) is -1.61. The highest BCUT2D eigenvalue weighted by Crippen LogP contribution is 2.22. The highest BCUT2D eigenvalue weighted by atomic mass is 35.5. The molecule has 2 heterocycles. The zero-order valence-electron chi connectivity index (χ0n) is 8.55. The van der Waals surface area contributed by atoms with E-state index in [0.29, 0.717) is 10.2 Å². The molecule has 2 rings (SSSR count). The van der Waals surface area contributed by atoms with Crippen LogP contribution in [0.25, 0.3) is 0 Å².